The van der Waals surface area contributed by atoms with Crippen LogP contribution in [-0.2, 0) is 19.2 Å². The minimum atomic E-state index is -2.82. The lowest BCUT2D eigenvalue weighted by Gasteiger charge is -2.35. The number of nitrogens with one attached hydrogen (secondary N) is 3. The van der Waals surface area contributed by atoms with E-state index in [-0.39, 0.29) is 56.6 Å². The predicted molar refractivity (Wildman–Crippen MR) is 242 cm³/mol. The highest BCUT2D eigenvalue weighted by Gasteiger charge is 2.45. The summed E-state index contributed by atoms with van der Waals surface area (Å²) in [5.41, 5.74) is 5.16. The van der Waals surface area contributed by atoms with Crippen molar-refractivity contribution in [2.24, 2.45) is 5.41 Å². The van der Waals surface area contributed by atoms with E-state index in [2.05, 4.69) is 37.0 Å². The predicted octanol–water partition coefficient (Wildman–Crippen LogP) is 6.23. The van der Waals surface area contributed by atoms with Gasteiger partial charge in [-0.1, -0.05) is 45.0 Å². The van der Waals surface area contributed by atoms with E-state index < -0.39 is 53.8 Å². The largest absolute Gasteiger partial charge is 0.391 e. The van der Waals surface area contributed by atoms with Crippen LogP contribution < -0.4 is 20.9 Å². The number of aryl methyl sites for hydroxylation is 1. The number of β-amino-alcohol motifs (C(OH)–C–C–N with tert-alkyl or cyclic N) is 1. The van der Waals surface area contributed by atoms with E-state index in [1.165, 1.54) is 11.1 Å². The number of piperidine rings is 1. The highest BCUT2D eigenvalue weighted by molar-refractivity contribution is 7.13. The zero-order valence-corrected chi connectivity index (χ0v) is 38.1. The number of likely N-dealkylation sites (tertiary alicyclic amines) is 2. The smallest absolute Gasteiger partial charge is 0.266 e. The Balaban J connectivity index is 0.934. The molecule has 65 heavy (non-hydrogen) atoms. The van der Waals surface area contributed by atoms with Crippen LogP contribution in [0.1, 0.15) is 101 Å². The average Bonchev–Trinajstić information content (AvgIpc) is 4.01. The molecule has 0 radical (unpaired) electrons. The van der Waals surface area contributed by atoms with E-state index >= 15 is 0 Å². The van der Waals surface area contributed by atoms with Gasteiger partial charge in [-0.25, -0.2) is 23.7 Å². The van der Waals surface area contributed by atoms with E-state index in [1.807, 2.05) is 50.2 Å². The van der Waals surface area contributed by atoms with Gasteiger partial charge in [0.25, 0.3) is 5.92 Å². The van der Waals surface area contributed by atoms with Crippen molar-refractivity contribution in [1.82, 2.24) is 35.4 Å². The molecule has 4 amide bonds. The Bertz CT molecular complexity index is 2430. The number of aliphatic hydroxyl groups is 1. The molecule has 15 nitrogen and oxygen atoms in total. The second-order valence-corrected chi connectivity index (χ2v) is 19.2. The number of aliphatic hydroxyl groups excluding tert-OH is 1. The molecule has 344 valence electrons. The minimum Gasteiger partial charge on any atom is -0.391 e. The molecular weight excluding hydrogens is 855 g/mol. The first kappa shape index (κ1) is 46.9. The number of rotatable bonds is 13. The number of hydrogen-bond donors (Lipinski definition) is 4. The van der Waals surface area contributed by atoms with Gasteiger partial charge in [-0.15, -0.1) is 11.3 Å². The molecule has 1 aromatic carbocycles. The number of aromatic nitrogens is 3. The Hall–Kier alpha value is -6.06. The van der Waals surface area contributed by atoms with Crippen LogP contribution in [0.4, 0.5) is 26.2 Å². The number of benzene rings is 1. The SMILES string of the molecule is Cc1ncsc1-c1ccc([C@H](C)NC(=O)[C@@H]2C[C@@H](O)CN2C(=O)[C@@H](NC(=O)CCC(=O)N2CCC(c3cc(Nc4cc(C#N)ccn4)nc(N4CCC(F)(F)C4)c3)CC2)C(C)(C)C)cc1. The molecule has 3 aliphatic heterocycles. The van der Waals surface area contributed by atoms with Gasteiger partial charge < -0.3 is 35.8 Å². The fraction of sp³-hybridized carbons (Fsp3) is 0.489. The topological polar surface area (TPSA) is 197 Å². The Morgan fingerprint density at radius 2 is 1.74 bits per heavy atom. The number of carbonyl (C=O) groups is 4. The van der Waals surface area contributed by atoms with E-state index in [0.29, 0.717) is 48.9 Å². The van der Waals surface area contributed by atoms with Crippen molar-refractivity contribution in [3.8, 4) is 16.5 Å². The van der Waals surface area contributed by atoms with E-state index in [1.54, 1.807) is 59.6 Å². The summed E-state index contributed by atoms with van der Waals surface area (Å²) in [6.07, 6.45) is 1.30. The van der Waals surface area contributed by atoms with Crippen LogP contribution in [-0.4, -0.2) is 110 Å². The zero-order valence-electron chi connectivity index (χ0n) is 37.3. The van der Waals surface area contributed by atoms with Gasteiger partial charge in [-0.3, -0.25) is 19.2 Å². The molecule has 3 aromatic heterocycles. The van der Waals surface area contributed by atoms with Crippen molar-refractivity contribution in [3.63, 3.8) is 0 Å². The Morgan fingerprint density at radius 3 is 2.38 bits per heavy atom. The molecule has 0 spiro atoms. The average molecular weight is 911 g/mol. The number of amides is 4. The Morgan fingerprint density at radius 1 is 1.00 bits per heavy atom. The first-order valence-electron chi connectivity index (χ1n) is 22.0. The molecule has 4 N–H and O–H groups in total. The molecule has 3 fully saturated rings. The normalized spacial score (nSPS) is 19.6. The Labute approximate surface area is 381 Å². The minimum absolute atomic E-state index is 0.00613. The summed E-state index contributed by atoms with van der Waals surface area (Å²) < 4.78 is 28.5. The van der Waals surface area contributed by atoms with Gasteiger partial charge in [0.2, 0.25) is 23.6 Å². The molecular formula is C47H56F2N10O5S. The summed E-state index contributed by atoms with van der Waals surface area (Å²) in [5.74, 6) is -3.22. The monoisotopic (exact) mass is 910 g/mol. The molecule has 3 saturated heterocycles. The molecule has 7 rings (SSSR count). The fourth-order valence-corrected chi connectivity index (χ4v) is 9.53. The van der Waals surface area contributed by atoms with Crippen LogP contribution >= 0.6 is 11.3 Å². The van der Waals surface area contributed by atoms with Gasteiger partial charge in [0, 0.05) is 58.1 Å². The number of hydrogen-bond acceptors (Lipinski definition) is 12. The van der Waals surface area contributed by atoms with Crippen LogP contribution in [0, 0.1) is 23.7 Å². The molecule has 0 saturated carbocycles. The van der Waals surface area contributed by atoms with Crippen molar-refractivity contribution in [2.75, 3.05) is 42.9 Å². The zero-order chi connectivity index (χ0) is 46.6. The highest BCUT2D eigenvalue weighted by atomic mass is 32.1. The number of thiazole rings is 1. The van der Waals surface area contributed by atoms with Crippen LogP contribution in [0.2, 0.25) is 0 Å². The summed E-state index contributed by atoms with van der Waals surface area (Å²) in [6, 6.07) is 14.4. The standard InChI is InChI=1S/C47H56F2N10O5S/c1-28(31-6-8-33(9-7-31)42-29(2)52-27-65-42)53-44(63)36-23-35(60)25-59(36)45(64)43(46(3,4)5)56-40(61)10-11-41(62)57-17-13-32(14-18-57)34-21-38(54-37-20-30(24-50)12-16-51-37)55-39(22-34)58-19-15-47(48,49)26-58/h6-9,12,16,20-22,27-28,32,35-36,43,60H,10-11,13-15,17-19,23,25-26H2,1-5H3,(H,53,63)(H,56,61)(H,51,54,55)/t28-,35+,36-,43+/m0/s1. The molecule has 0 unspecified atom stereocenters. The van der Waals surface area contributed by atoms with E-state index in [0.717, 1.165) is 27.3 Å². The molecule has 3 aliphatic rings. The second kappa shape index (κ2) is 19.6. The number of nitrogens with zero attached hydrogens (tertiary/aromatic N) is 7. The summed E-state index contributed by atoms with van der Waals surface area (Å²) in [6.45, 7) is 9.71. The molecule has 0 aliphatic carbocycles. The van der Waals surface area contributed by atoms with Crippen LogP contribution in [0.3, 0.4) is 0 Å². The molecule has 4 aromatic rings. The van der Waals surface area contributed by atoms with Crippen molar-refractivity contribution in [3.05, 3.63) is 82.6 Å². The van der Waals surface area contributed by atoms with Gasteiger partial charge in [-0.2, -0.15) is 5.26 Å². The van der Waals surface area contributed by atoms with E-state index in [9.17, 15) is 38.3 Å². The molecule has 0 bridgehead atoms. The van der Waals surface area contributed by atoms with Crippen molar-refractivity contribution >= 4 is 52.4 Å². The third-order valence-electron chi connectivity index (χ3n) is 12.4. The fourth-order valence-electron chi connectivity index (χ4n) is 8.72. The summed E-state index contributed by atoms with van der Waals surface area (Å²) in [7, 11) is 0. The van der Waals surface area contributed by atoms with Crippen LogP contribution in [0.15, 0.2) is 60.2 Å². The molecule has 18 heteroatoms. The maximum Gasteiger partial charge on any atom is 0.266 e. The lowest BCUT2D eigenvalue weighted by Crippen LogP contribution is -2.57. The lowest BCUT2D eigenvalue weighted by molar-refractivity contribution is -0.144. The number of alkyl halides is 2. The number of halogens is 2. The van der Waals surface area contributed by atoms with E-state index in [4.69, 9.17) is 0 Å². The van der Waals surface area contributed by atoms with Gasteiger partial charge >= 0.3 is 0 Å². The third-order valence-corrected chi connectivity index (χ3v) is 13.4. The van der Waals surface area contributed by atoms with Gasteiger partial charge in [-0.05, 0) is 79.0 Å². The number of pyridine rings is 2. The number of nitriles is 1. The molecule has 6 heterocycles. The van der Waals surface area contributed by atoms with Crippen molar-refractivity contribution in [2.45, 2.75) is 109 Å². The van der Waals surface area contributed by atoms with Crippen molar-refractivity contribution in [1.29, 1.82) is 5.26 Å². The lowest BCUT2D eigenvalue weighted by atomic mass is 9.85. The second-order valence-electron chi connectivity index (χ2n) is 18.4. The summed E-state index contributed by atoms with van der Waals surface area (Å²) >= 11 is 1.56. The van der Waals surface area contributed by atoms with Gasteiger partial charge in [0.1, 0.15) is 29.5 Å². The number of carbonyl (C=O) groups excluding carboxylic acids is 4. The Kier molecular flexibility index (Phi) is 14.1. The molecule has 4 atom stereocenters. The van der Waals surface area contributed by atoms with Gasteiger partial charge in [0.05, 0.1) is 46.4 Å². The van der Waals surface area contributed by atoms with Crippen molar-refractivity contribution < 1.29 is 33.1 Å². The van der Waals surface area contributed by atoms with Crippen LogP contribution in [0.25, 0.3) is 10.4 Å². The van der Waals surface area contributed by atoms with Gasteiger partial charge in [0.15, 0.2) is 0 Å². The summed E-state index contributed by atoms with van der Waals surface area (Å²) in [4.78, 5) is 73.8. The first-order valence-corrected chi connectivity index (χ1v) is 22.9. The quantitative estimate of drug-likeness (QED) is 0.119. The highest BCUT2D eigenvalue weighted by Crippen LogP contribution is 2.36. The van der Waals surface area contributed by atoms with Crippen LogP contribution in [0.5, 0.6) is 0 Å². The maximum absolute atomic E-state index is 14.3. The first-order chi connectivity index (χ1) is 30.9. The summed E-state index contributed by atoms with van der Waals surface area (Å²) in [5, 5.41) is 29.0. The third kappa shape index (κ3) is 11.4. The maximum atomic E-state index is 14.3. The number of anilines is 3.